The van der Waals surface area contributed by atoms with Crippen LogP contribution in [0.2, 0.25) is 0 Å². The van der Waals surface area contributed by atoms with Gasteiger partial charge in [-0.1, -0.05) is 12.7 Å². The van der Waals surface area contributed by atoms with Crippen LogP contribution in [0.3, 0.4) is 0 Å². The van der Waals surface area contributed by atoms with E-state index in [0.717, 1.165) is 18.2 Å². The van der Waals surface area contributed by atoms with Crippen molar-refractivity contribution in [3.63, 3.8) is 0 Å². The molecule has 152 valence electrons. The van der Waals surface area contributed by atoms with Gasteiger partial charge in [-0.25, -0.2) is 17.8 Å². The van der Waals surface area contributed by atoms with Gasteiger partial charge in [0.05, 0.1) is 11.3 Å². The number of hydrogen-bond donors (Lipinski definition) is 2. The highest BCUT2D eigenvalue weighted by atomic mass is 32.2. The summed E-state index contributed by atoms with van der Waals surface area (Å²) in [5, 5.41) is -0.184. The van der Waals surface area contributed by atoms with E-state index >= 15 is 0 Å². The molecule has 29 heavy (non-hydrogen) atoms. The third kappa shape index (κ3) is 4.43. The molecule has 1 aromatic heterocycles. The van der Waals surface area contributed by atoms with E-state index in [1.54, 1.807) is 6.92 Å². The minimum Gasteiger partial charge on any atom is -0.494 e. The monoisotopic (exact) mass is 422 g/mol. The first-order valence-corrected chi connectivity index (χ1v) is 9.50. The number of esters is 1. The Hall–Kier alpha value is -3.27. The number of carbonyl (C=O) groups excluding carboxylic acids is 1. The number of ether oxygens (including phenoxy) is 2. The van der Waals surface area contributed by atoms with Crippen molar-refractivity contribution in [2.45, 2.75) is 11.9 Å². The first-order chi connectivity index (χ1) is 13.8. The number of aromatic nitrogens is 1. The van der Waals surface area contributed by atoms with Crippen molar-refractivity contribution in [2.24, 2.45) is 0 Å². The number of benzene rings is 1. The number of carbonyl (C=O) groups is 1. The molecule has 0 amide bonds. The second-order valence-electron chi connectivity index (χ2n) is 5.94. The fourth-order valence-electron chi connectivity index (χ4n) is 2.66. The van der Waals surface area contributed by atoms with Crippen LogP contribution in [-0.2, 0) is 20.5 Å². The number of nitrogens with one attached hydrogen (secondary N) is 2. The zero-order chi connectivity index (χ0) is 21.1. The van der Waals surface area contributed by atoms with Crippen molar-refractivity contribution in [2.75, 3.05) is 17.9 Å². The summed E-state index contributed by atoms with van der Waals surface area (Å²) in [5.74, 6) is -2.43. The van der Waals surface area contributed by atoms with Crippen molar-refractivity contribution in [1.82, 2.24) is 4.98 Å². The second-order valence-corrected chi connectivity index (χ2v) is 7.12. The average Bonchev–Trinajstić information content (AvgIpc) is 2.67. The number of H-pyrrole nitrogens is 1. The number of allylic oxidation sites excluding steroid dienone is 3. The fraction of sp³-hybridized carbons (Fsp3) is 0.158. The summed E-state index contributed by atoms with van der Waals surface area (Å²) in [7, 11) is -2.16. The van der Waals surface area contributed by atoms with Crippen molar-refractivity contribution < 1.29 is 27.3 Å². The van der Waals surface area contributed by atoms with E-state index in [4.69, 9.17) is 9.47 Å². The van der Waals surface area contributed by atoms with E-state index in [1.165, 1.54) is 6.08 Å². The molecular formula is C19H16F2N2O5S. The van der Waals surface area contributed by atoms with Gasteiger partial charge in [0, 0.05) is 23.3 Å². The summed E-state index contributed by atoms with van der Waals surface area (Å²) in [4.78, 5) is 26.3. The van der Waals surface area contributed by atoms with Gasteiger partial charge in [-0.3, -0.25) is 9.52 Å². The van der Waals surface area contributed by atoms with Crippen LogP contribution in [0.4, 0.5) is 14.5 Å². The van der Waals surface area contributed by atoms with Crippen LogP contribution >= 0.6 is 0 Å². The van der Waals surface area contributed by atoms with Gasteiger partial charge in [-0.2, -0.15) is 0 Å². The normalized spacial score (nSPS) is 19.8. The van der Waals surface area contributed by atoms with Crippen molar-refractivity contribution in [3.8, 4) is 0 Å². The van der Waals surface area contributed by atoms with Gasteiger partial charge in [-0.05, 0) is 19.1 Å². The lowest BCUT2D eigenvalue weighted by atomic mass is 10.0. The zero-order valence-electron chi connectivity index (χ0n) is 15.2. The third-order valence-electron chi connectivity index (χ3n) is 4.02. The topological polar surface area (TPSA) is 97.5 Å². The number of fused-ring (bicyclic) bond motifs is 4. The van der Waals surface area contributed by atoms with Crippen molar-refractivity contribution in [3.05, 3.63) is 75.8 Å². The van der Waals surface area contributed by atoms with Gasteiger partial charge in [0.25, 0.3) is 0 Å². The quantitative estimate of drug-likeness (QED) is 0.689. The maximum atomic E-state index is 14.4. The number of anilines is 1. The number of pyridine rings is 1. The Labute approximate surface area is 166 Å². The molecule has 0 saturated heterocycles. The van der Waals surface area contributed by atoms with E-state index in [1.807, 2.05) is 0 Å². The second kappa shape index (κ2) is 8.39. The maximum Gasteiger partial charge on any atom is 0.338 e. The molecule has 3 rings (SSSR count). The molecule has 2 aromatic rings. The molecule has 1 aromatic carbocycles. The van der Waals surface area contributed by atoms with Gasteiger partial charge in [0.1, 0.15) is 35.6 Å². The summed E-state index contributed by atoms with van der Waals surface area (Å²) < 4.78 is 54.1. The molecule has 2 heterocycles. The maximum absolute atomic E-state index is 14.4. The van der Waals surface area contributed by atoms with Crippen LogP contribution in [0.5, 0.6) is 0 Å². The molecule has 0 radical (unpaired) electrons. The fourth-order valence-corrected chi connectivity index (χ4v) is 3.55. The lowest BCUT2D eigenvalue weighted by Gasteiger charge is -2.14. The predicted octanol–water partition coefficient (Wildman–Crippen LogP) is 2.89. The van der Waals surface area contributed by atoms with Gasteiger partial charge in [0.2, 0.25) is 5.56 Å². The smallest absolute Gasteiger partial charge is 0.338 e. The van der Waals surface area contributed by atoms with E-state index in [2.05, 4.69) is 16.3 Å². The average molecular weight is 422 g/mol. The summed E-state index contributed by atoms with van der Waals surface area (Å²) in [6.07, 6.45) is 1.33. The Morgan fingerprint density at radius 3 is 2.55 bits per heavy atom. The lowest BCUT2D eigenvalue weighted by molar-refractivity contribution is 0.0402. The lowest BCUT2D eigenvalue weighted by Crippen LogP contribution is -2.18. The molecule has 1 aliphatic heterocycles. The van der Waals surface area contributed by atoms with Crippen LogP contribution < -0.4 is 10.3 Å². The van der Waals surface area contributed by atoms with E-state index in [-0.39, 0.29) is 46.4 Å². The highest BCUT2D eigenvalue weighted by Gasteiger charge is 2.19. The van der Waals surface area contributed by atoms with Gasteiger partial charge in [0.15, 0.2) is 11.0 Å². The minimum absolute atomic E-state index is 0.0347. The summed E-state index contributed by atoms with van der Waals surface area (Å²) in [5.41, 5.74) is -0.903. The summed E-state index contributed by atoms with van der Waals surface area (Å²) in [6, 6.07) is 3.89. The third-order valence-corrected chi connectivity index (χ3v) is 5.05. The number of rotatable bonds is 1. The Kier molecular flexibility index (Phi) is 5.92. The molecule has 0 spiro atoms. The first kappa shape index (κ1) is 20.5. The number of cyclic esters (lactones) is 1. The molecule has 0 saturated carbocycles. The first-order valence-electron chi connectivity index (χ1n) is 8.35. The SMILES string of the molecule is C=C/C1=C(\C)OCCOC(=O)c2cc([nH]c(=O)c2)S(=O)Nc2cc1c(F)cc2F. The Morgan fingerprint density at radius 2 is 1.83 bits per heavy atom. The van der Waals surface area contributed by atoms with Crippen LogP contribution in [0, 0.1) is 11.6 Å². The van der Waals surface area contributed by atoms with Crippen LogP contribution in [-0.4, -0.2) is 28.4 Å². The largest absolute Gasteiger partial charge is 0.494 e. The molecule has 0 fully saturated rings. The number of hydrogen-bond acceptors (Lipinski definition) is 5. The molecule has 1 atom stereocenters. The number of aromatic amines is 1. The van der Waals surface area contributed by atoms with Gasteiger partial charge in [-0.15, -0.1) is 0 Å². The molecule has 10 heteroatoms. The highest BCUT2D eigenvalue weighted by Crippen LogP contribution is 2.29. The van der Waals surface area contributed by atoms with Crippen molar-refractivity contribution >= 4 is 28.2 Å². The van der Waals surface area contributed by atoms with Crippen molar-refractivity contribution in [1.29, 1.82) is 0 Å². The Balaban J connectivity index is 2.16. The van der Waals surface area contributed by atoms with Crippen LogP contribution in [0.1, 0.15) is 22.8 Å². The van der Waals surface area contributed by atoms with Crippen LogP contribution in [0.15, 0.2) is 52.5 Å². The van der Waals surface area contributed by atoms with E-state index in [9.17, 15) is 22.6 Å². The molecule has 1 aliphatic rings. The number of halogens is 2. The Morgan fingerprint density at radius 1 is 1.10 bits per heavy atom. The zero-order valence-corrected chi connectivity index (χ0v) is 16.0. The van der Waals surface area contributed by atoms with Gasteiger partial charge >= 0.3 is 5.97 Å². The molecule has 2 N–H and O–H groups in total. The molecular weight excluding hydrogens is 406 g/mol. The standard InChI is InChI=1S/C19H16F2N2O5S/c1-3-12-10(2)27-4-5-28-19(25)11-6-17(24)22-18(7-11)29(26)23-16-8-13(12)14(20)9-15(16)21/h3,6-9,23H,1,4-5H2,2H3,(H,22,24)/b12-10-. The molecule has 1 unspecified atom stereocenters. The summed E-state index contributed by atoms with van der Waals surface area (Å²) >= 11 is 0. The van der Waals surface area contributed by atoms with Gasteiger partial charge < -0.3 is 14.5 Å². The Bertz CT molecular complexity index is 1110. The molecule has 4 bridgehead atoms. The molecule has 0 aliphatic carbocycles. The molecule has 7 nitrogen and oxygen atoms in total. The highest BCUT2D eigenvalue weighted by molar-refractivity contribution is 7.86. The minimum atomic E-state index is -2.16. The van der Waals surface area contributed by atoms with E-state index < -0.39 is 34.1 Å². The van der Waals surface area contributed by atoms with Crippen LogP contribution in [0.25, 0.3) is 5.57 Å². The van der Waals surface area contributed by atoms with E-state index in [0.29, 0.717) is 6.07 Å². The summed E-state index contributed by atoms with van der Waals surface area (Å²) in [6.45, 7) is 4.96. The predicted molar refractivity (Wildman–Crippen MR) is 102 cm³/mol.